The normalized spacial score (nSPS) is 18.5. The summed E-state index contributed by atoms with van der Waals surface area (Å²) in [7, 11) is 1.50. The highest BCUT2D eigenvalue weighted by atomic mass is 16.5. The van der Waals surface area contributed by atoms with Gasteiger partial charge in [0.1, 0.15) is 5.92 Å². The third-order valence-electron chi connectivity index (χ3n) is 2.23. The zero-order valence-electron chi connectivity index (χ0n) is 8.99. The summed E-state index contributed by atoms with van der Waals surface area (Å²) in [4.78, 5) is 14.8. The number of aliphatic imine (C=N–C) groups is 1. The van der Waals surface area contributed by atoms with E-state index in [1.165, 1.54) is 19.4 Å². The Bertz CT molecular complexity index is 540. The molecule has 6 nitrogen and oxygen atoms in total. The molecule has 17 heavy (non-hydrogen) atoms. The number of dihydropyridines is 1. The summed E-state index contributed by atoms with van der Waals surface area (Å²) in [5, 5.41) is 16.5. The molecule has 2 rings (SSSR count). The first-order valence-electron chi connectivity index (χ1n) is 4.82. The van der Waals surface area contributed by atoms with Crippen molar-refractivity contribution in [2.45, 2.75) is 0 Å². The third kappa shape index (κ3) is 2.18. The van der Waals surface area contributed by atoms with Crippen LogP contribution in [0.2, 0.25) is 0 Å². The van der Waals surface area contributed by atoms with Crippen LogP contribution in [0.15, 0.2) is 23.2 Å². The van der Waals surface area contributed by atoms with Crippen molar-refractivity contribution in [1.82, 2.24) is 10.2 Å². The van der Waals surface area contributed by atoms with Gasteiger partial charge < -0.3 is 4.74 Å². The first-order valence-corrected chi connectivity index (χ1v) is 4.82. The lowest BCUT2D eigenvalue weighted by Gasteiger charge is -2.08. The molecule has 0 N–H and O–H groups in total. The van der Waals surface area contributed by atoms with E-state index >= 15 is 0 Å². The predicted octanol–water partition coefficient (Wildman–Crippen LogP) is 0.619. The largest absolute Gasteiger partial charge is 0.480 e. The molecule has 2 heterocycles. The average molecular weight is 228 g/mol. The molecule has 1 aromatic rings. The minimum Gasteiger partial charge on any atom is -0.480 e. The molecule has 1 atom stereocenters. The molecule has 0 saturated carbocycles. The van der Waals surface area contributed by atoms with Gasteiger partial charge in [0, 0.05) is 17.9 Å². The monoisotopic (exact) mass is 228 g/mol. The number of nitriles is 1. The van der Waals surface area contributed by atoms with Crippen molar-refractivity contribution in [3.05, 3.63) is 23.9 Å². The van der Waals surface area contributed by atoms with Gasteiger partial charge in [-0.1, -0.05) is 0 Å². The molecular weight excluding hydrogens is 220 g/mol. The fourth-order valence-corrected chi connectivity index (χ4v) is 1.33. The number of hydrogen-bond donors (Lipinski definition) is 0. The molecule has 1 amide bonds. The van der Waals surface area contributed by atoms with Crippen molar-refractivity contribution >= 4 is 17.7 Å². The molecule has 0 aromatic carbocycles. The van der Waals surface area contributed by atoms with Crippen LogP contribution in [0.25, 0.3) is 5.57 Å². The van der Waals surface area contributed by atoms with Crippen LogP contribution in [0, 0.1) is 17.2 Å². The highest BCUT2D eigenvalue weighted by Gasteiger charge is 2.19. The summed E-state index contributed by atoms with van der Waals surface area (Å²) in [5.74, 6) is -0.911. The van der Waals surface area contributed by atoms with Gasteiger partial charge >= 0.3 is 0 Å². The first kappa shape index (κ1) is 11.0. The summed E-state index contributed by atoms with van der Waals surface area (Å²) in [5.41, 5.74) is 1.15. The van der Waals surface area contributed by atoms with Crippen molar-refractivity contribution in [2.24, 2.45) is 10.9 Å². The van der Waals surface area contributed by atoms with E-state index in [9.17, 15) is 4.79 Å². The molecule has 1 aromatic heterocycles. The summed E-state index contributed by atoms with van der Waals surface area (Å²) < 4.78 is 4.88. The highest BCUT2D eigenvalue weighted by molar-refractivity contribution is 6.16. The number of ether oxygens (including phenoxy) is 1. The molecule has 1 aliphatic heterocycles. The van der Waals surface area contributed by atoms with E-state index in [-0.39, 0.29) is 0 Å². The quantitative estimate of drug-likeness (QED) is 0.740. The zero-order valence-corrected chi connectivity index (χ0v) is 8.99. The van der Waals surface area contributed by atoms with Gasteiger partial charge in [-0.05, 0) is 12.1 Å². The Morgan fingerprint density at radius 2 is 2.24 bits per heavy atom. The van der Waals surface area contributed by atoms with Crippen molar-refractivity contribution in [3.8, 4) is 11.9 Å². The van der Waals surface area contributed by atoms with Crippen LogP contribution < -0.4 is 4.74 Å². The van der Waals surface area contributed by atoms with Gasteiger partial charge in [0.15, 0.2) is 0 Å². The van der Waals surface area contributed by atoms with Gasteiger partial charge in [0.05, 0.1) is 18.9 Å². The number of carbonyl (C=O) groups is 1. The smallest absolute Gasteiger partial charge is 0.266 e. The fourth-order valence-electron chi connectivity index (χ4n) is 1.33. The second kappa shape index (κ2) is 4.53. The first-order chi connectivity index (χ1) is 8.24. The number of methoxy groups -OCH3 is 1. The van der Waals surface area contributed by atoms with Crippen molar-refractivity contribution in [2.75, 3.05) is 7.11 Å². The number of carbonyl (C=O) groups excluding carboxylic acids is 1. The van der Waals surface area contributed by atoms with Gasteiger partial charge in [0.2, 0.25) is 5.88 Å². The van der Waals surface area contributed by atoms with Gasteiger partial charge in [-0.25, -0.2) is 4.99 Å². The topological polar surface area (TPSA) is 88.2 Å². The van der Waals surface area contributed by atoms with Crippen LogP contribution in [0.4, 0.5) is 0 Å². The number of allylic oxidation sites excluding steroid dienone is 1. The summed E-state index contributed by atoms with van der Waals surface area (Å²) in [6, 6.07) is 5.20. The lowest BCUT2D eigenvalue weighted by atomic mass is 10.0. The molecule has 0 saturated heterocycles. The average Bonchev–Trinajstić information content (AvgIpc) is 2.39. The molecule has 1 aliphatic rings. The Morgan fingerprint density at radius 3 is 2.82 bits per heavy atom. The third-order valence-corrected chi connectivity index (χ3v) is 2.23. The molecule has 6 heteroatoms. The number of amides is 1. The van der Waals surface area contributed by atoms with Gasteiger partial charge in [-0.2, -0.15) is 5.26 Å². The summed E-state index contributed by atoms with van der Waals surface area (Å²) in [6.07, 6.45) is 2.90. The molecule has 0 aliphatic carbocycles. The lowest BCUT2D eigenvalue weighted by molar-refractivity contribution is -0.118. The highest BCUT2D eigenvalue weighted by Crippen LogP contribution is 2.18. The second-order valence-electron chi connectivity index (χ2n) is 3.29. The van der Waals surface area contributed by atoms with Crippen LogP contribution in [-0.2, 0) is 4.79 Å². The van der Waals surface area contributed by atoms with E-state index in [2.05, 4.69) is 15.2 Å². The molecule has 1 unspecified atom stereocenters. The minimum atomic E-state index is -0.848. The van der Waals surface area contributed by atoms with E-state index in [0.717, 1.165) is 0 Å². The number of rotatable bonds is 2. The molecule has 0 fully saturated rings. The van der Waals surface area contributed by atoms with E-state index in [0.29, 0.717) is 17.1 Å². The Hall–Kier alpha value is -2.55. The van der Waals surface area contributed by atoms with Crippen molar-refractivity contribution in [1.29, 1.82) is 5.26 Å². The Balaban J connectivity index is 2.31. The van der Waals surface area contributed by atoms with Crippen LogP contribution in [0.5, 0.6) is 5.88 Å². The van der Waals surface area contributed by atoms with Crippen LogP contribution in [0.1, 0.15) is 5.69 Å². The maximum absolute atomic E-state index is 11.2. The molecule has 0 spiro atoms. The van der Waals surface area contributed by atoms with Crippen molar-refractivity contribution < 1.29 is 9.53 Å². The predicted molar refractivity (Wildman–Crippen MR) is 59.2 cm³/mol. The summed E-state index contributed by atoms with van der Waals surface area (Å²) >= 11 is 0. The molecule has 84 valence electrons. The lowest BCUT2D eigenvalue weighted by Crippen LogP contribution is -2.13. The summed E-state index contributed by atoms with van der Waals surface area (Å²) in [6.45, 7) is 0. The minimum absolute atomic E-state index is 0.398. The molecule has 0 radical (unpaired) electrons. The van der Waals surface area contributed by atoms with Crippen molar-refractivity contribution in [3.63, 3.8) is 0 Å². The number of hydrogen-bond acceptors (Lipinski definition) is 5. The maximum atomic E-state index is 11.2. The maximum Gasteiger partial charge on any atom is 0.266 e. The zero-order chi connectivity index (χ0) is 12.3. The van der Waals surface area contributed by atoms with Gasteiger partial charge in [0.25, 0.3) is 5.91 Å². The standard InChI is InChI=1S/C11H8N4O2/c1-17-10-3-2-9(14-15-10)8-4-7(5-12)11(16)13-6-8/h2-4,6-7H,1H3. The Morgan fingerprint density at radius 1 is 1.41 bits per heavy atom. The van der Waals surface area contributed by atoms with E-state index in [1.807, 2.05) is 6.07 Å². The van der Waals surface area contributed by atoms with Crippen LogP contribution >= 0.6 is 0 Å². The second-order valence-corrected chi connectivity index (χ2v) is 3.29. The fraction of sp³-hybridized carbons (Fsp3) is 0.182. The van der Waals surface area contributed by atoms with Crippen LogP contribution in [-0.4, -0.2) is 29.4 Å². The van der Waals surface area contributed by atoms with E-state index in [4.69, 9.17) is 10.00 Å². The van der Waals surface area contributed by atoms with Crippen LogP contribution in [0.3, 0.4) is 0 Å². The van der Waals surface area contributed by atoms with E-state index < -0.39 is 11.8 Å². The number of aromatic nitrogens is 2. The number of nitrogens with zero attached hydrogens (tertiary/aromatic N) is 4. The SMILES string of the molecule is COc1ccc(C2=CC(C#N)C(=O)N=C2)nn1. The molecule has 0 bridgehead atoms. The van der Waals surface area contributed by atoms with E-state index in [1.54, 1.807) is 12.1 Å². The Labute approximate surface area is 97.3 Å². The molecular formula is C11H8N4O2. The van der Waals surface area contributed by atoms with Gasteiger partial charge in [-0.15, -0.1) is 10.2 Å². The Kier molecular flexibility index (Phi) is 2.92. The van der Waals surface area contributed by atoms with Gasteiger partial charge in [-0.3, -0.25) is 4.79 Å².